The molecule has 6 nitrogen and oxygen atoms in total. The van der Waals surface area contributed by atoms with Crippen LogP contribution in [0.15, 0.2) is 53.6 Å². The average molecular weight is 381 g/mol. The predicted molar refractivity (Wildman–Crippen MR) is 111 cm³/mol. The molecule has 1 N–H and O–H groups in total. The van der Waals surface area contributed by atoms with Gasteiger partial charge in [-0.25, -0.2) is 5.43 Å². The zero-order valence-corrected chi connectivity index (χ0v) is 16.4. The van der Waals surface area contributed by atoms with E-state index in [9.17, 15) is 4.79 Å². The molecule has 1 heterocycles. The molecule has 1 amide bonds. The number of carbonyl (C=O) groups excluding carboxylic acids is 1. The summed E-state index contributed by atoms with van der Waals surface area (Å²) in [7, 11) is 0. The van der Waals surface area contributed by atoms with Crippen LogP contribution < -0.4 is 19.8 Å². The zero-order chi connectivity index (χ0) is 19.8. The van der Waals surface area contributed by atoms with Crippen molar-refractivity contribution in [1.82, 2.24) is 5.43 Å². The summed E-state index contributed by atoms with van der Waals surface area (Å²) in [5.41, 5.74) is 4.65. The molecular formula is C22H27N3O3. The molecule has 0 aliphatic carbocycles. The number of hydrogen-bond acceptors (Lipinski definition) is 5. The Morgan fingerprint density at radius 1 is 1.11 bits per heavy atom. The van der Waals surface area contributed by atoms with Gasteiger partial charge in [0.05, 0.1) is 6.21 Å². The molecule has 148 valence electrons. The van der Waals surface area contributed by atoms with Gasteiger partial charge in [0.2, 0.25) is 6.10 Å². The largest absolute Gasteiger partial charge is 0.485 e. The Hall–Kier alpha value is -3.02. The van der Waals surface area contributed by atoms with Crippen molar-refractivity contribution < 1.29 is 14.3 Å². The monoisotopic (exact) mass is 381 g/mol. The molecule has 0 aromatic heterocycles. The highest BCUT2D eigenvalue weighted by molar-refractivity contribution is 5.85. The van der Waals surface area contributed by atoms with Gasteiger partial charge in [-0.05, 0) is 42.7 Å². The van der Waals surface area contributed by atoms with Crippen LogP contribution in [0.2, 0.25) is 0 Å². The Morgan fingerprint density at radius 3 is 2.46 bits per heavy atom. The number of amides is 1. The summed E-state index contributed by atoms with van der Waals surface area (Å²) in [4.78, 5) is 14.6. The first-order chi connectivity index (χ1) is 13.7. The van der Waals surface area contributed by atoms with E-state index < -0.39 is 6.10 Å². The lowest BCUT2D eigenvalue weighted by molar-refractivity contribution is -0.130. The molecular weight excluding hydrogens is 354 g/mol. The topological polar surface area (TPSA) is 63.2 Å². The minimum Gasteiger partial charge on any atom is -0.485 e. The van der Waals surface area contributed by atoms with Crippen molar-refractivity contribution in [2.24, 2.45) is 5.10 Å². The third kappa shape index (κ3) is 5.03. The van der Waals surface area contributed by atoms with E-state index in [1.54, 1.807) is 12.3 Å². The normalized spacial score (nSPS) is 15.4. The SMILES string of the molecule is CCCN(CCC)c1ccc(C=NNC(=O)[C@H]2COc3ccccc3O2)cc1. The van der Waals surface area contributed by atoms with Gasteiger partial charge in [-0.1, -0.05) is 38.1 Å². The van der Waals surface area contributed by atoms with Crippen LogP contribution in [-0.2, 0) is 4.79 Å². The number of nitrogens with one attached hydrogen (secondary N) is 1. The quantitative estimate of drug-likeness (QED) is 0.561. The highest BCUT2D eigenvalue weighted by Crippen LogP contribution is 2.30. The van der Waals surface area contributed by atoms with Crippen LogP contribution in [-0.4, -0.2) is 37.9 Å². The van der Waals surface area contributed by atoms with Gasteiger partial charge < -0.3 is 14.4 Å². The lowest BCUT2D eigenvalue weighted by Crippen LogP contribution is -2.42. The van der Waals surface area contributed by atoms with Crippen molar-refractivity contribution in [3.8, 4) is 11.5 Å². The molecule has 3 rings (SSSR count). The Labute approximate surface area is 166 Å². The minimum atomic E-state index is -0.717. The minimum absolute atomic E-state index is 0.164. The molecule has 1 atom stereocenters. The fourth-order valence-corrected chi connectivity index (χ4v) is 3.07. The van der Waals surface area contributed by atoms with E-state index in [1.807, 2.05) is 30.3 Å². The summed E-state index contributed by atoms with van der Waals surface area (Å²) < 4.78 is 11.2. The molecule has 1 aliphatic heterocycles. The van der Waals surface area contributed by atoms with E-state index >= 15 is 0 Å². The summed E-state index contributed by atoms with van der Waals surface area (Å²) >= 11 is 0. The van der Waals surface area contributed by atoms with Crippen LogP contribution >= 0.6 is 0 Å². The second kappa shape index (κ2) is 9.78. The van der Waals surface area contributed by atoms with Gasteiger partial charge in [-0.15, -0.1) is 0 Å². The van der Waals surface area contributed by atoms with E-state index in [2.05, 4.69) is 41.4 Å². The number of carbonyl (C=O) groups is 1. The van der Waals surface area contributed by atoms with E-state index in [0.717, 1.165) is 31.5 Å². The van der Waals surface area contributed by atoms with Crippen LogP contribution in [0.25, 0.3) is 0 Å². The third-order valence-corrected chi connectivity index (χ3v) is 4.43. The third-order valence-electron chi connectivity index (χ3n) is 4.43. The first-order valence-electron chi connectivity index (χ1n) is 9.77. The summed E-state index contributed by atoms with van der Waals surface area (Å²) in [6.45, 7) is 6.63. The molecule has 2 aromatic rings. The first kappa shape index (κ1) is 19.7. The first-order valence-corrected chi connectivity index (χ1v) is 9.77. The highest BCUT2D eigenvalue weighted by atomic mass is 16.6. The Morgan fingerprint density at radius 2 is 1.79 bits per heavy atom. The molecule has 28 heavy (non-hydrogen) atoms. The number of hydrogen-bond donors (Lipinski definition) is 1. The van der Waals surface area contributed by atoms with E-state index in [0.29, 0.717) is 11.5 Å². The average Bonchev–Trinajstić information content (AvgIpc) is 2.73. The Kier molecular flexibility index (Phi) is 6.89. The van der Waals surface area contributed by atoms with E-state index in [1.165, 1.54) is 5.69 Å². The number of ether oxygens (including phenoxy) is 2. The van der Waals surface area contributed by atoms with Gasteiger partial charge in [-0.2, -0.15) is 5.10 Å². The van der Waals surface area contributed by atoms with Crippen molar-refractivity contribution in [2.45, 2.75) is 32.8 Å². The van der Waals surface area contributed by atoms with E-state index in [4.69, 9.17) is 9.47 Å². The van der Waals surface area contributed by atoms with Gasteiger partial charge in [0, 0.05) is 18.8 Å². The zero-order valence-electron chi connectivity index (χ0n) is 16.4. The standard InChI is InChI=1S/C22H27N3O3/c1-3-13-25(14-4-2)18-11-9-17(10-12-18)15-23-24-22(26)21-16-27-19-7-5-6-8-20(19)28-21/h5-12,15,21H,3-4,13-14,16H2,1-2H3,(H,24,26)/t21-/m1/s1. The van der Waals surface area contributed by atoms with Crippen LogP contribution in [0.4, 0.5) is 5.69 Å². The summed E-state index contributed by atoms with van der Waals surface area (Å²) in [5, 5.41) is 4.05. The predicted octanol–water partition coefficient (Wildman–Crippen LogP) is 3.60. The maximum atomic E-state index is 12.2. The van der Waals surface area contributed by atoms with Gasteiger partial charge in [0.1, 0.15) is 6.61 Å². The maximum absolute atomic E-state index is 12.2. The number of benzene rings is 2. The number of anilines is 1. The molecule has 0 fully saturated rings. The second-order valence-electron chi connectivity index (χ2n) is 6.68. The van der Waals surface area contributed by atoms with Crippen LogP contribution in [0.3, 0.4) is 0 Å². The van der Waals surface area contributed by atoms with Crippen LogP contribution in [0, 0.1) is 0 Å². The van der Waals surface area contributed by atoms with Gasteiger partial charge in [0.25, 0.3) is 5.91 Å². The van der Waals surface area contributed by atoms with Crippen molar-refractivity contribution in [3.63, 3.8) is 0 Å². The van der Waals surface area contributed by atoms with Crippen molar-refractivity contribution >= 4 is 17.8 Å². The van der Waals surface area contributed by atoms with Gasteiger partial charge >= 0.3 is 0 Å². The van der Waals surface area contributed by atoms with Crippen LogP contribution in [0.1, 0.15) is 32.3 Å². The lowest BCUT2D eigenvalue weighted by Gasteiger charge is -2.24. The molecule has 6 heteroatoms. The highest BCUT2D eigenvalue weighted by Gasteiger charge is 2.26. The number of nitrogens with zero attached hydrogens (tertiary/aromatic N) is 2. The van der Waals surface area contributed by atoms with Crippen LogP contribution in [0.5, 0.6) is 11.5 Å². The smallest absolute Gasteiger partial charge is 0.284 e. The Bertz CT molecular complexity index is 799. The molecule has 0 spiro atoms. The maximum Gasteiger partial charge on any atom is 0.284 e. The number of rotatable bonds is 8. The lowest BCUT2D eigenvalue weighted by atomic mass is 10.2. The molecule has 0 unspecified atom stereocenters. The number of fused-ring (bicyclic) bond motifs is 1. The number of para-hydroxylation sites is 2. The number of hydrazone groups is 1. The van der Waals surface area contributed by atoms with Crippen molar-refractivity contribution in [2.75, 3.05) is 24.6 Å². The summed E-state index contributed by atoms with van der Waals surface area (Å²) in [6, 6.07) is 15.5. The molecule has 0 saturated carbocycles. The second-order valence-corrected chi connectivity index (χ2v) is 6.68. The fraction of sp³-hybridized carbons (Fsp3) is 0.364. The molecule has 0 saturated heterocycles. The molecule has 0 bridgehead atoms. The van der Waals surface area contributed by atoms with Crippen molar-refractivity contribution in [3.05, 3.63) is 54.1 Å². The molecule has 1 aliphatic rings. The van der Waals surface area contributed by atoms with Gasteiger partial charge in [-0.3, -0.25) is 4.79 Å². The molecule has 2 aromatic carbocycles. The van der Waals surface area contributed by atoms with Crippen molar-refractivity contribution in [1.29, 1.82) is 0 Å². The van der Waals surface area contributed by atoms with E-state index in [-0.39, 0.29) is 12.5 Å². The Balaban J connectivity index is 1.54. The summed E-state index contributed by atoms with van der Waals surface area (Å²) in [5.74, 6) is 0.881. The van der Waals surface area contributed by atoms with Gasteiger partial charge in [0.15, 0.2) is 11.5 Å². The fourth-order valence-electron chi connectivity index (χ4n) is 3.07. The molecule has 0 radical (unpaired) electrons. The summed E-state index contributed by atoms with van der Waals surface area (Å²) in [6.07, 6.45) is 3.15.